The number of rotatable bonds is 9. The Bertz CT molecular complexity index is 272. The molecule has 0 heterocycles. The van der Waals surface area contributed by atoms with Gasteiger partial charge in [0.25, 0.3) is 0 Å². The summed E-state index contributed by atoms with van der Waals surface area (Å²) in [6.45, 7) is 4.48. The number of allylic oxidation sites excluding steroid dienone is 1. The molecule has 4 heteroatoms. The van der Waals surface area contributed by atoms with Gasteiger partial charge in [-0.15, -0.1) is 0 Å². The molecule has 0 aliphatic carbocycles. The van der Waals surface area contributed by atoms with Crippen LogP contribution in [0.2, 0.25) is 0 Å². The fourth-order valence-electron chi connectivity index (χ4n) is 1.50. The Morgan fingerprint density at radius 1 is 1.18 bits per heavy atom. The van der Waals surface area contributed by atoms with Gasteiger partial charge >= 0.3 is 5.97 Å². The molecule has 0 aromatic carbocycles. The van der Waals surface area contributed by atoms with Gasteiger partial charge in [-0.25, -0.2) is 0 Å². The predicted molar refractivity (Wildman–Crippen MR) is 67.8 cm³/mol. The highest BCUT2D eigenvalue weighted by molar-refractivity contribution is 5.92. The molecule has 0 aliphatic heterocycles. The lowest BCUT2D eigenvalue weighted by Gasteiger charge is -2.05. The zero-order valence-corrected chi connectivity index (χ0v) is 10.8. The summed E-state index contributed by atoms with van der Waals surface area (Å²) in [5.41, 5.74) is 0.762. The monoisotopic (exact) mass is 241 g/mol. The van der Waals surface area contributed by atoms with Crippen molar-refractivity contribution in [2.45, 2.75) is 52.4 Å². The SMILES string of the molecule is CC/C=C(\C)C(=O)NCCCCCCC(=O)O. The average Bonchev–Trinajstić information content (AvgIpc) is 2.27. The van der Waals surface area contributed by atoms with Crippen LogP contribution in [0.4, 0.5) is 0 Å². The Balaban J connectivity index is 3.43. The van der Waals surface area contributed by atoms with Gasteiger partial charge < -0.3 is 10.4 Å². The molecule has 0 radical (unpaired) electrons. The van der Waals surface area contributed by atoms with Crippen LogP contribution in [-0.4, -0.2) is 23.5 Å². The van der Waals surface area contributed by atoms with Gasteiger partial charge in [0, 0.05) is 18.5 Å². The maximum Gasteiger partial charge on any atom is 0.303 e. The van der Waals surface area contributed by atoms with Crippen molar-refractivity contribution >= 4 is 11.9 Å². The van der Waals surface area contributed by atoms with Crippen LogP contribution in [0.15, 0.2) is 11.6 Å². The Hall–Kier alpha value is -1.32. The molecule has 0 saturated heterocycles. The van der Waals surface area contributed by atoms with Gasteiger partial charge in [0.2, 0.25) is 5.91 Å². The van der Waals surface area contributed by atoms with Crippen LogP contribution in [-0.2, 0) is 9.59 Å². The number of carbonyl (C=O) groups excluding carboxylic acids is 1. The Morgan fingerprint density at radius 2 is 1.82 bits per heavy atom. The molecule has 1 amide bonds. The number of aliphatic carboxylic acids is 1. The largest absolute Gasteiger partial charge is 0.481 e. The smallest absolute Gasteiger partial charge is 0.303 e. The first-order chi connectivity index (χ1) is 8.07. The van der Waals surface area contributed by atoms with Gasteiger partial charge in [0.15, 0.2) is 0 Å². The van der Waals surface area contributed by atoms with Crippen molar-refractivity contribution in [2.75, 3.05) is 6.54 Å². The molecule has 98 valence electrons. The number of amides is 1. The molecule has 0 fully saturated rings. The second-order valence-electron chi connectivity index (χ2n) is 4.11. The molecule has 0 spiro atoms. The van der Waals surface area contributed by atoms with E-state index in [4.69, 9.17) is 5.11 Å². The molecular weight excluding hydrogens is 218 g/mol. The van der Waals surface area contributed by atoms with E-state index in [-0.39, 0.29) is 12.3 Å². The lowest BCUT2D eigenvalue weighted by molar-refractivity contribution is -0.137. The van der Waals surface area contributed by atoms with Crippen LogP contribution < -0.4 is 5.32 Å². The predicted octanol–water partition coefficient (Wildman–Crippen LogP) is 2.49. The van der Waals surface area contributed by atoms with E-state index in [1.54, 1.807) is 0 Å². The van der Waals surface area contributed by atoms with E-state index >= 15 is 0 Å². The second-order valence-corrected chi connectivity index (χ2v) is 4.11. The molecule has 0 saturated carbocycles. The maximum absolute atomic E-state index is 11.5. The minimum absolute atomic E-state index is 0.00242. The van der Waals surface area contributed by atoms with Crippen molar-refractivity contribution in [2.24, 2.45) is 0 Å². The number of nitrogens with one attached hydrogen (secondary N) is 1. The number of hydrogen-bond donors (Lipinski definition) is 2. The fraction of sp³-hybridized carbons (Fsp3) is 0.692. The number of carboxylic acids is 1. The van der Waals surface area contributed by atoms with Crippen LogP contribution >= 0.6 is 0 Å². The summed E-state index contributed by atoms with van der Waals surface area (Å²) in [5.74, 6) is -0.740. The first kappa shape index (κ1) is 15.7. The number of carboxylic acid groups (broad SMARTS) is 1. The minimum Gasteiger partial charge on any atom is -0.481 e. The first-order valence-corrected chi connectivity index (χ1v) is 6.24. The number of unbranched alkanes of at least 4 members (excludes halogenated alkanes) is 3. The second kappa shape index (κ2) is 9.87. The summed E-state index contributed by atoms with van der Waals surface area (Å²) in [6, 6.07) is 0. The van der Waals surface area contributed by atoms with Crippen molar-refractivity contribution in [1.82, 2.24) is 5.32 Å². The molecule has 0 aromatic heterocycles. The van der Waals surface area contributed by atoms with Crippen molar-refractivity contribution in [1.29, 1.82) is 0 Å². The van der Waals surface area contributed by atoms with Gasteiger partial charge in [-0.1, -0.05) is 25.8 Å². The Labute approximate surface area is 103 Å². The standard InChI is InChI=1S/C13H23NO3/c1-3-8-11(2)13(17)14-10-7-5-4-6-9-12(15)16/h8H,3-7,9-10H2,1-2H3,(H,14,17)(H,15,16)/b11-8+. The van der Waals surface area contributed by atoms with Crippen LogP contribution in [0.1, 0.15) is 52.4 Å². The molecule has 0 rings (SSSR count). The zero-order valence-electron chi connectivity index (χ0n) is 10.8. The van der Waals surface area contributed by atoms with Crippen LogP contribution in [0.5, 0.6) is 0 Å². The van der Waals surface area contributed by atoms with E-state index in [2.05, 4.69) is 5.32 Å². The number of hydrogen-bond acceptors (Lipinski definition) is 2. The summed E-state index contributed by atoms with van der Waals surface area (Å²) in [6.07, 6.45) is 6.51. The van der Waals surface area contributed by atoms with Crippen molar-refractivity contribution < 1.29 is 14.7 Å². The van der Waals surface area contributed by atoms with Gasteiger partial charge in [0.05, 0.1) is 0 Å². The van der Waals surface area contributed by atoms with Crippen LogP contribution in [0.3, 0.4) is 0 Å². The average molecular weight is 241 g/mol. The van der Waals surface area contributed by atoms with E-state index in [1.165, 1.54) is 0 Å². The summed E-state index contributed by atoms with van der Waals surface area (Å²) in [5, 5.41) is 11.3. The normalized spacial score (nSPS) is 11.3. The molecule has 17 heavy (non-hydrogen) atoms. The van der Waals surface area contributed by atoms with E-state index < -0.39 is 5.97 Å². The first-order valence-electron chi connectivity index (χ1n) is 6.24. The maximum atomic E-state index is 11.5. The summed E-state index contributed by atoms with van der Waals surface area (Å²) in [4.78, 5) is 21.7. The molecule has 0 unspecified atom stereocenters. The third kappa shape index (κ3) is 9.60. The number of carbonyl (C=O) groups is 2. The van der Waals surface area contributed by atoms with Crippen molar-refractivity contribution in [3.8, 4) is 0 Å². The topological polar surface area (TPSA) is 66.4 Å². The molecule has 2 N–H and O–H groups in total. The zero-order chi connectivity index (χ0) is 13.1. The minimum atomic E-state index is -0.737. The summed E-state index contributed by atoms with van der Waals surface area (Å²) < 4.78 is 0. The van der Waals surface area contributed by atoms with Crippen LogP contribution in [0.25, 0.3) is 0 Å². The van der Waals surface area contributed by atoms with Gasteiger partial charge in [-0.05, 0) is 26.2 Å². The third-order valence-electron chi connectivity index (χ3n) is 2.47. The molecule has 4 nitrogen and oxygen atoms in total. The van der Waals surface area contributed by atoms with E-state index in [1.807, 2.05) is 19.9 Å². The third-order valence-corrected chi connectivity index (χ3v) is 2.47. The molecule has 0 aromatic rings. The van der Waals surface area contributed by atoms with Crippen LogP contribution in [0, 0.1) is 0 Å². The van der Waals surface area contributed by atoms with E-state index in [0.29, 0.717) is 6.54 Å². The van der Waals surface area contributed by atoms with Crippen molar-refractivity contribution in [3.63, 3.8) is 0 Å². The van der Waals surface area contributed by atoms with Gasteiger partial charge in [-0.3, -0.25) is 9.59 Å². The lowest BCUT2D eigenvalue weighted by atomic mass is 10.1. The molecule has 0 aliphatic rings. The molecule has 0 bridgehead atoms. The van der Waals surface area contributed by atoms with Crippen molar-refractivity contribution in [3.05, 3.63) is 11.6 Å². The van der Waals surface area contributed by atoms with E-state index in [9.17, 15) is 9.59 Å². The highest BCUT2D eigenvalue weighted by atomic mass is 16.4. The van der Waals surface area contributed by atoms with Gasteiger partial charge in [0.1, 0.15) is 0 Å². The molecule has 0 atom stereocenters. The highest BCUT2D eigenvalue weighted by Crippen LogP contribution is 2.02. The van der Waals surface area contributed by atoms with Gasteiger partial charge in [-0.2, -0.15) is 0 Å². The fourth-order valence-corrected chi connectivity index (χ4v) is 1.50. The lowest BCUT2D eigenvalue weighted by Crippen LogP contribution is -2.25. The Morgan fingerprint density at radius 3 is 2.41 bits per heavy atom. The quantitative estimate of drug-likeness (QED) is 0.481. The van der Waals surface area contributed by atoms with E-state index in [0.717, 1.165) is 37.7 Å². The Kier molecular flexibility index (Phi) is 9.11. The highest BCUT2D eigenvalue weighted by Gasteiger charge is 2.01. The summed E-state index contributed by atoms with van der Waals surface area (Å²) in [7, 11) is 0. The molecular formula is C13H23NO3. The summed E-state index contributed by atoms with van der Waals surface area (Å²) >= 11 is 0.